The third-order valence-electron chi connectivity index (χ3n) is 2.08. The van der Waals surface area contributed by atoms with Gasteiger partial charge in [-0.05, 0) is 20.8 Å². The average Bonchev–Trinajstić information content (AvgIpc) is 2.22. The first-order chi connectivity index (χ1) is 6.40. The first-order valence-corrected chi connectivity index (χ1v) is 5.86. The van der Waals surface area contributed by atoms with Crippen LogP contribution in [0.2, 0.25) is 0 Å². The van der Waals surface area contributed by atoms with Crippen LogP contribution in [-0.4, -0.2) is 18.3 Å². The molecule has 1 aliphatic heterocycles. The highest BCUT2D eigenvalue weighted by atomic mass is 31.2. The van der Waals surface area contributed by atoms with Gasteiger partial charge in [0.05, 0.1) is 25.2 Å². The number of nitriles is 1. The molecule has 0 aromatic carbocycles. The van der Waals surface area contributed by atoms with Crippen LogP contribution in [0, 0.1) is 11.3 Å². The summed E-state index contributed by atoms with van der Waals surface area (Å²) >= 11 is 0. The molecule has 0 aromatic heterocycles. The van der Waals surface area contributed by atoms with Crippen molar-refractivity contribution in [3.8, 4) is 6.07 Å². The van der Waals surface area contributed by atoms with Crippen LogP contribution < -0.4 is 0 Å². The lowest BCUT2D eigenvalue weighted by Gasteiger charge is -2.18. The Morgan fingerprint density at radius 1 is 1.64 bits per heavy atom. The van der Waals surface area contributed by atoms with E-state index in [-0.39, 0.29) is 19.1 Å². The Hall–Kier alpha value is -0.400. The van der Waals surface area contributed by atoms with Crippen molar-refractivity contribution >= 4 is 7.82 Å². The minimum absolute atomic E-state index is 0.0660. The predicted octanol–water partition coefficient (Wildman–Crippen LogP) is 2.24. The van der Waals surface area contributed by atoms with Crippen LogP contribution in [0.5, 0.6) is 0 Å². The molecule has 0 radical (unpaired) electrons. The fourth-order valence-electron chi connectivity index (χ4n) is 0.964. The van der Waals surface area contributed by atoms with Crippen molar-refractivity contribution < 1.29 is 18.1 Å². The quantitative estimate of drug-likeness (QED) is 0.537. The number of phosphoric ester groups is 1. The Morgan fingerprint density at radius 3 is 2.71 bits per heavy atom. The van der Waals surface area contributed by atoms with Crippen molar-refractivity contribution in [1.29, 1.82) is 5.26 Å². The number of hydrogen-bond acceptors (Lipinski definition) is 5. The summed E-state index contributed by atoms with van der Waals surface area (Å²) in [7, 11) is -3.43. The molecule has 0 aliphatic carbocycles. The molecule has 14 heavy (non-hydrogen) atoms. The molecule has 1 heterocycles. The van der Waals surface area contributed by atoms with E-state index in [1.807, 2.05) is 6.07 Å². The fourth-order valence-corrected chi connectivity index (χ4v) is 2.80. The van der Waals surface area contributed by atoms with Crippen LogP contribution in [0.1, 0.15) is 27.2 Å². The van der Waals surface area contributed by atoms with Crippen molar-refractivity contribution in [3.05, 3.63) is 0 Å². The standard InChI is InChI=1S/C8H14NO4P/c1-7-8(2,3)13-14(10,12-7)11-6-4-5-9/h7H,4,6H2,1-3H3. The van der Waals surface area contributed by atoms with Gasteiger partial charge in [-0.3, -0.25) is 13.6 Å². The van der Waals surface area contributed by atoms with Gasteiger partial charge in [0.15, 0.2) is 0 Å². The smallest absolute Gasteiger partial charge is 0.286 e. The normalized spacial score (nSPS) is 35.4. The molecule has 2 unspecified atom stereocenters. The highest BCUT2D eigenvalue weighted by Gasteiger charge is 2.49. The summed E-state index contributed by atoms with van der Waals surface area (Å²) in [6, 6.07) is 1.88. The van der Waals surface area contributed by atoms with E-state index in [4.69, 9.17) is 18.8 Å². The Labute approximate surface area is 83.6 Å². The van der Waals surface area contributed by atoms with E-state index in [9.17, 15) is 4.57 Å². The lowest BCUT2D eigenvalue weighted by molar-refractivity contribution is 0.0810. The Kier molecular flexibility index (Phi) is 3.33. The van der Waals surface area contributed by atoms with Gasteiger partial charge in [0.1, 0.15) is 5.60 Å². The lowest BCUT2D eigenvalue weighted by atomic mass is 10.0. The molecule has 2 atom stereocenters. The van der Waals surface area contributed by atoms with E-state index in [2.05, 4.69) is 0 Å². The summed E-state index contributed by atoms with van der Waals surface area (Å²) in [5.74, 6) is 0. The molecular weight excluding hydrogens is 205 g/mol. The monoisotopic (exact) mass is 219 g/mol. The van der Waals surface area contributed by atoms with Crippen molar-refractivity contribution in [1.82, 2.24) is 0 Å². The van der Waals surface area contributed by atoms with Gasteiger partial charge >= 0.3 is 7.82 Å². The fraction of sp³-hybridized carbons (Fsp3) is 0.875. The van der Waals surface area contributed by atoms with Gasteiger partial charge < -0.3 is 0 Å². The molecule has 1 fully saturated rings. The van der Waals surface area contributed by atoms with Gasteiger partial charge in [-0.1, -0.05) is 0 Å². The van der Waals surface area contributed by atoms with Crippen LogP contribution in [0.3, 0.4) is 0 Å². The van der Waals surface area contributed by atoms with E-state index in [1.54, 1.807) is 20.8 Å². The van der Waals surface area contributed by atoms with Crippen molar-refractivity contribution in [2.75, 3.05) is 6.61 Å². The summed E-state index contributed by atoms with van der Waals surface area (Å²) < 4.78 is 27.0. The molecule has 80 valence electrons. The summed E-state index contributed by atoms with van der Waals surface area (Å²) in [4.78, 5) is 0. The second-order valence-corrected chi connectivity index (χ2v) is 5.18. The molecule has 1 saturated heterocycles. The second kappa shape index (κ2) is 4.00. The maximum absolute atomic E-state index is 11.7. The molecule has 0 aromatic rings. The maximum atomic E-state index is 11.7. The first-order valence-electron chi connectivity index (χ1n) is 4.40. The number of hydrogen-bond donors (Lipinski definition) is 0. The number of phosphoric acid groups is 1. The van der Waals surface area contributed by atoms with E-state index >= 15 is 0 Å². The van der Waals surface area contributed by atoms with Crippen LogP contribution in [0.25, 0.3) is 0 Å². The van der Waals surface area contributed by atoms with Crippen LogP contribution in [0.15, 0.2) is 0 Å². The molecule has 1 rings (SSSR count). The summed E-state index contributed by atoms with van der Waals surface area (Å²) in [6.07, 6.45) is -0.110. The minimum Gasteiger partial charge on any atom is -0.286 e. The second-order valence-electron chi connectivity index (χ2n) is 3.63. The SMILES string of the molecule is CC1OP(=O)(OCCC#N)OC1(C)C. The maximum Gasteiger partial charge on any atom is 0.475 e. The van der Waals surface area contributed by atoms with Gasteiger partial charge in [-0.2, -0.15) is 5.26 Å². The zero-order chi connectivity index (χ0) is 10.8. The van der Waals surface area contributed by atoms with E-state index in [1.165, 1.54) is 0 Å². The highest BCUT2D eigenvalue weighted by molar-refractivity contribution is 7.48. The average molecular weight is 219 g/mol. The highest BCUT2D eigenvalue weighted by Crippen LogP contribution is 2.60. The predicted molar refractivity (Wildman–Crippen MR) is 49.5 cm³/mol. The Morgan fingerprint density at radius 2 is 2.29 bits per heavy atom. The van der Waals surface area contributed by atoms with Gasteiger partial charge in [-0.25, -0.2) is 4.57 Å². The molecule has 5 nitrogen and oxygen atoms in total. The zero-order valence-corrected chi connectivity index (χ0v) is 9.41. The summed E-state index contributed by atoms with van der Waals surface area (Å²) in [5.41, 5.74) is -0.609. The Balaban J connectivity index is 2.54. The lowest BCUT2D eigenvalue weighted by Crippen LogP contribution is -2.29. The van der Waals surface area contributed by atoms with Gasteiger partial charge in [0.25, 0.3) is 0 Å². The number of rotatable bonds is 3. The largest absolute Gasteiger partial charge is 0.475 e. The molecule has 1 aliphatic rings. The minimum atomic E-state index is -3.43. The van der Waals surface area contributed by atoms with E-state index < -0.39 is 13.4 Å². The molecule has 0 N–H and O–H groups in total. The molecule has 0 bridgehead atoms. The van der Waals surface area contributed by atoms with E-state index in [0.717, 1.165) is 0 Å². The first kappa shape index (κ1) is 11.7. The van der Waals surface area contributed by atoms with Crippen molar-refractivity contribution in [3.63, 3.8) is 0 Å². The third kappa shape index (κ3) is 2.55. The summed E-state index contributed by atoms with van der Waals surface area (Å²) in [5, 5.41) is 8.28. The summed E-state index contributed by atoms with van der Waals surface area (Å²) in [6.45, 7) is 5.40. The van der Waals surface area contributed by atoms with Gasteiger partial charge in [0, 0.05) is 0 Å². The van der Waals surface area contributed by atoms with Crippen LogP contribution in [0.4, 0.5) is 0 Å². The molecule has 0 amide bonds. The topological polar surface area (TPSA) is 68.5 Å². The van der Waals surface area contributed by atoms with Crippen molar-refractivity contribution in [2.24, 2.45) is 0 Å². The van der Waals surface area contributed by atoms with E-state index in [0.29, 0.717) is 0 Å². The van der Waals surface area contributed by atoms with Gasteiger partial charge in [-0.15, -0.1) is 0 Å². The molecule has 6 heteroatoms. The van der Waals surface area contributed by atoms with Crippen molar-refractivity contribution in [2.45, 2.75) is 38.9 Å². The van der Waals surface area contributed by atoms with Gasteiger partial charge in [0.2, 0.25) is 0 Å². The molecular formula is C8H14NO4P. The molecule has 0 spiro atoms. The van der Waals surface area contributed by atoms with Crippen LogP contribution >= 0.6 is 7.82 Å². The molecule has 0 saturated carbocycles. The Bertz CT molecular complexity index is 296. The number of nitrogens with zero attached hydrogens (tertiary/aromatic N) is 1. The zero-order valence-electron chi connectivity index (χ0n) is 8.52. The van der Waals surface area contributed by atoms with Crippen LogP contribution in [-0.2, 0) is 18.1 Å². The third-order valence-corrected chi connectivity index (χ3v) is 3.84.